The summed E-state index contributed by atoms with van der Waals surface area (Å²) in [5.74, 6) is 1.39. The van der Waals surface area contributed by atoms with Crippen molar-refractivity contribution in [1.29, 1.82) is 0 Å². The number of hydrogen-bond donors (Lipinski definition) is 2. The summed E-state index contributed by atoms with van der Waals surface area (Å²) in [6.07, 6.45) is 1.55. The Labute approximate surface area is 126 Å². The molecular weight excluding hydrogens is 264 g/mol. The summed E-state index contributed by atoms with van der Waals surface area (Å²) in [5.41, 5.74) is 1.28. The molecule has 0 aromatic heterocycles. The number of likely N-dealkylation sites (tertiary alicyclic amines) is 1. The van der Waals surface area contributed by atoms with Crippen LogP contribution in [0.2, 0.25) is 0 Å². The van der Waals surface area contributed by atoms with Crippen LogP contribution in [0.15, 0.2) is 35.3 Å². The van der Waals surface area contributed by atoms with Gasteiger partial charge in [-0.15, -0.1) is 0 Å². The molecular formula is C16H24N4O. The monoisotopic (exact) mass is 288 g/mol. The summed E-state index contributed by atoms with van der Waals surface area (Å²) < 4.78 is 0. The van der Waals surface area contributed by atoms with Gasteiger partial charge in [-0.3, -0.25) is 9.79 Å². The minimum absolute atomic E-state index is 0.261. The molecule has 5 nitrogen and oxygen atoms in total. The lowest BCUT2D eigenvalue weighted by Gasteiger charge is -2.17. The molecule has 0 radical (unpaired) electrons. The Hall–Kier alpha value is -2.04. The first kappa shape index (κ1) is 15.4. The Morgan fingerprint density at radius 3 is 2.81 bits per heavy atom. The summed E-state index contributed by atoms with van der Waals surface area (Å²) in [6, 6.07) is 10.3. The van der Waals surface area contributed by atoms with Crippen molar-refractivity contribution in [2.24, 2.45) is 10.9 Å². The highest BCUT2D eigenvalue weighted by molar-refractivity contribution is 5.80. The summed E-state index contributed by atoms with van der Waals surface area (Å²) >= 11 is 0. The lowest BCUT2D eigenvalue weighted by atomic mass is 10.1. The van der Waals surface area contributed by atoms with Crippen LogP contribution >= 0.6 is 0 Å². The quantitative estimate of drug-likeness (QED) is 0.624. The molecule has 1 amide bonds. The smallest absolute Gasteiger partial charge is 0.223 e. The minimum Gasteiger partial charge on any atom is -0.359 e. The molecule has 2 rings (SSSR count). The van der Waals surface area contributed by atoms with E-state index >= 15 is 0 Å². The van der Waals surface area contributed by atoms with Crippen LogP contribution < -0.4 is 10.6 Å². The van der Waals surface area contributed by atoms with E-state index in [9.17, 15) is 4.79 Å². The Morgan fingerprint density at radius 2 is 2.14 bits per heavy atom. The van der Waals surface area contributed by atoms with E-state index < -0.39 is 0 Å². The molecule has 1 aromatic carbocycles. The molecule has 5 heteroatoms. The molecule has 2 N–H and O–H groups in total. The average molecular weight is 288 g/mol. The number of hydrogen-bond acceptors (Lipinski definition) is 2. The van der Waals surface area contributed by atoms with Crippen LogP contribution in [0.3, 0.4) is 0 Å². The third-order valence-corrected chi connectivity index (χ3v) is 3.83. The summed E-state index contributed by atoms with van der Waals surface area (Å²) in [6.45, 7) is 2.42. The number of benzene rings is 1. The van der Waals surface area contributed by atoms with E-state index in [0.717, 1.165) is 32.0 Å². The number of amides is 1. The zero-order valence-corrected chi connectivity index (χ0v) is 12.8. The van der Waals surface area contributed by atoms with Gasteiger partial charge in [0, 0.05) is 46.1 Å². The van der Waals surface area contributed by atoms with E-state index in [1.807, 2.05) is 30.1 Å². The lowest BCUT2D eigenvalue weighted by molar-refractivity contribution is -0.127. The van der Waals surface area contributed by atoms with E-state index in [2.05, 4.69) is 27.8 Å². The fourth-order valence-corrected chi connectivity index (χ4v) is 2.64. The van der Waals surface area contributed by atoms with E-state index in [4.69, 9.17) is 0 Å². The van der Waals surface area contributed by atoms with Crippen molar-refractivity contribution < 1.29 is 4.79 Å². The minimum atomic E-state index is 0.261. The van der Waals surface area contributed by atoms with Crippen LogP contribution in [0.1, 0.15) is 12.0 Å². The number of nitrogens with one attached hydrogen (secondary N) is 2. The molecule has 1 aliphatic rings. The summed E-state index contributed by atoms with van der Waals surface area (Å²) in [4.78, 5) is 18.1. The Morgan fingerprint density at radius 1 is 1.38 bits per heavy atom. The Kier molecular flexibility index (Phi) is 5.60. The lowest BCUT2D eigenvalue weighted by Crippen LogP contribution is -2.38. The van der Waals surface area contributed by atoms with E-state index in [-0.39, 0.29) is 5.91 Å². The van der Waals surface area contributed by atoms with Crippen molar-refractivity contribution in [3.8, 4) is 0 Å². The molecule has 114 valence electrons. The van der Waals surface area contributed by atoms with Gasteiger partial charge in [0.25, 0.3) is 0 Å². The molecule has 21 heavy (non-hydrogen) atoms. The number of nitrogens with zero attached hydrogens (tertiary/aromatic N) is 2. The highest BCUT2D eigenvalue weighted by Crippen LogP contribution is 2.17. The predicted molar refractivity (Wildman–Crippen MR) is 85.3 cm³/mol. The zero-order chi connectivity index (χ0) is 15.1. The first-order valence-corrected chi connectivity index (χ1v) is 7.43. The van der Waals surface area contributed by atoms with Crippen LogP contribution in [-0.2, 0) is 11.2 Å². The van der Waals surface area contributed by atoms with Crippen molar-refractivity contribution in [1.82, 2.24) is 15.5 Å². The van der Waals surface area contributed by atoms with Crippen LogP contribution in [0.5, 0.6) is 0 Å². The van der Waals surface area contributed by atoms with Gasteiger partial charge in [-0.25, -0.2) is 0 Å². The molecule has 0 saturated carbocycles. The zero-order valence-electron chi connectivity index (χ0n) is 12.8. The van der Waals surface area contributed by atoms with Gasteiger partial charge in [0.15, 0.2) is 5.96 Å². The van der Waals surface area contributed by atoms with Crippen LogP contribution in [0.4, 0.5) is 0 Å². The first-order valence-electron chi connectivity index (χ1n) is 7.43. The third-order valence-electron chi connectivity index (χ3n) is 3.83. The maximum atomic E-state index is 12.0. The largest absolute Gasteiger partial charge is 0.359 e. The van der Waals surface area contributed by atoms with Gasteiger partial charge in [0.1, 0.15) is 0 Å². The van der Waals surface area contributed by atoms with E-state index in [1.165, 1.54) is 5.56 Å². The van der Waals surface area contributed by atoms with Crippen molar-refractivity contribution in [3.63, 3.8) is 0 Å². The Bertz CT molecular complexity index is 486. The summed E-state index contributed by atoms with van der Waals surface area (Å²) in [7, 11) is 3.58. The van der Waals surface area contributed by atoms with E-state index in [0.29, 0.717) is 12.3 Å². The summed E-state index contributed by atoms with van der Waals surface area (Å²) in [5, 5.41) is 6.22. The topological polar surface area (TPSA) is 56.7 Å². The maximum absolute atomic E-state index is 12.0. The standard InChI is InChI=1S/C16H24N4O/c1-17-16(18-2)19-11-14-10-15(21)20(12-14)9-8-13-6-4-3-5-7-13/h3-7,14H,8-12H2,1-2H3,(H2,17,18,19). The van der Waals surface area contributed by atoms with Gasteiger partial charge in [-0.2, -0.15) is 0 Å². The number of guanidine groups is 1. The SMILES string of the molecule is CN=C(NC)NCC1CC(=O)N(CCc2ccccc2)C1. The number of carbonyl (C=O) groups is 1. The number of rotatable bonds is 5. The molecule has 0 bridgehead atoms. The van der Waals surface area contributed by atoms with Crippen molar-refractivity contribution in [3.05, 3.63) is 35.9 Å². The first-order chi connectivity index (χ1) is 10.2. The molecule has 1 atom stereocenters. The molecule has 0 aliphatic carbocycles. The third kappa shape index (κ3) is 4.48. The second-order valence-corrected chi connectivity index (χ2v) is 5.35. The van der Waals surface area contributed by atoms with Crippen LogP contribution in [0, 0.1) is 5.92 Å². The second-order valence-electron chi connectivity index (χ2n) is 5.35. The van der Waals surface area contributed by atoms with Gasteiger partial charge < -0.3 is 15.5 Å². The van der Waals surface area contributed by atoms with Crippen LogP contribution in [-0.4, -0.2) is 50.5 Å². The van der Waals surface area contributed by atoms with Crippen molar-refractivity contribution in [2.45, 2.75) is 12.8 Å². The Balaban J connectivity index is 1.77. The van der Waals surface area contributed by atoms with Crippen molar-refractivity contribution in [2.75, 3.05) is 33.7 Å². The molecule has 1 aromatic rings. The molecule has 0 spiro atoms. The van der Waals surface area contributed by atoms with Gasteiger partial charge in [-0.05, 0) is 12.0 Å². The van der Waals surface area contributed by atoms with Gasteiger partial charge in [-0.1, -0.05) is 30.3 Å². The highest BCUT2D eigenvalue weighted by Gasteiger charge is 2.28. The number of carbonyl (C=O) groups excluding carboxylic acids is 1. The molecule has 1 unspecified atom stereocenters. The predicted octanol–water partition coefficient (Wildman–Crippen LogP) is 0.872. The van der Waals surface area contributed by atoms with Gasteiger partial charge in [0.05, 0.1) is 0 Å². The fraction of sp³-hybridized carbons (Fsp3) is 0.500. The molecule has 1 fully saturated rings. The van der Waals surface area contributed by atoms with Gasteiger partial charge >= 0.3 is 0 Å². The van der Waals surface area contributed by atoms with Gasteiger partial charge in [0.2, 0.25) is 5.91 Å². The molecule has 1 saturated heterocycles. The molecule has 1 heterocycles. The normalized spacial score (nSPS) is 19.0. The number of aliphatic imine (C=N–C) groups is 1. The van der Waals surface area contributed by atoms with Crippen molar-refractivity contribution >= 4 is 11.9 Å². The van der Waals surface area contributed by atoms with Crippen LogP contribution in [0.25, 0.3) is 0 Å². The molecule has 1 aliphatic heterocycles. The van der Waals surface area contributed by atoms with E-state index in [1.54, 1.807) is 7.05 Å². The fourth-order valence-electron chi connectivity index (χ4n) is 2.64. The maximum Gasteiger partial charge on any atom is 0.223 e. The highest BCUT2D eigenvalue weighted by atomic mass is 16.2. The second kappa shape index (κ2) is 7.67. The average Bonchev–Trinajstić information content (AvgIpc) is 2.87.